The number of piperidine rings is 1. The molecule has 0 radical (unpaired) electrons. The minimum absolute atomic E-state index is 0.0943. The van der Waals surface area contributed by atoms with Gasteiger partial charge in [0.05, 0.1) is 11.6 Å². The number of carbonyl (C=O) groups is 3. The summed E-state index contributed by atoms with van der Waals surface area (Å²) in [5, 5.41) is 7.12. The molecule has 3 saturated heterocycles. The van der Waals surface area contributed by atoms with Crippen LogP contribution >= 0.6 is 0 Å². The topological polar surface area (TPSA) is 133 Å². The Hall–Kier alpha value is -3.84. The summed E-state index contributed by atoms with van der Waals surface area (Å²) in [4.78, 5) is 58.0. The lowest BCUT2D eigenvalue weighted by Crippen LogP contribution is -2.53. The number of rotatable bonds is 2. The minimum Gasteiger partial charge on any atom is -0.475 e. The lowest BCUT2D eigenvalue weighted by atomic mass is 9.60. The second-order valence-corrected chi connectivity index (χ2v) is 9.43. The standard InChI is InChI=1S/C21H25N7O2.C2HF3O2/c1-26-10-5-21(18(26)30)15-28(19-24-6-2-7-25-19)14-20(21)3-11-27(12-4-20)17(29)16-13-22-8-9-23-16;3-2(4,5)1(6)7/h2,6-9,13H,3-5,10-12,14-15H2,1H3;(H,6,7). The van der Waals surface area contributed by atoms with Gasteiger partial charge in [0.15, 0.2) is 0 Å². The summed E-state index contributed by atoms with van der Waals surface area (Å²) >= 11 is 0. The molecular formula is C23H26F3N7O4. The molecule has 0 aliphatic carbocycles. The molecule has 3 fully saturated rings. The minimum atomic E-state index is -5.08. The number of likely N-dealkylation sites (tertiary alicyclic amines) is 2. The molecule has 0 bridgehead atoms. The van der Waals surface area contributed by atoms with Crippen molar-refractivity contribution in [3.63, 3.8) is 0 Å². The molecule has 3 aliphatic rings. The summed E-state index contributed by atoms with van der Waals surface area (Å²) in [5.41, 5.74) is -0.263. The van der Waals surface area contributed by atoms with Gasteiger partial charge >= 0.3 is 12.1 Å². The van der Waals surface area contributed by atoms with E-state index in [2.05, 4.69) is 24.8 Å². The maximum Gasteiger partial charge on any atom is 0.490 e. The Morgan fingerprint density at radius 2 is 1.62 bits per heavy atom. The fourth-order valence-electron chi connectivity index (χ4n) is 5.58. The zero-order valence-corrected chi connectivity index (χ0v) is 20.1. The van der Waals surface area contributed by atoms with Gasteiger partial charge in [-0.15, -0.1) is 0 Å². The van der Waals surface area contributed by atoms with E-state index in [1.54, 1.807) is 24.7 Å². The number of hydrogen-bond donors (Lipinski definition) is 1. The Kier molecular flexibility index (Phi) is 7.02. The first-order chi connectivity index (χ1) is 17.5. The number of nitrogens with zero attached hydrogens (tertiary/aromatic N) is 7. The molecule has 37 heavy (non-hydrogen) atoms. The Bertz CT molecular complexity index is 1140. The maximum atomic E-state index is 13.4. The van der Waals surface area contributed by atoms with Crippen molar-refractivity contribution in [1.29, 1.82) is 0 Å². The van der Waals surface area contributed by atoms with Crippen LogP contribution in [0.25, 0.3) is 0 Å². The van der Waals surface area contributed by atoms with Gasteiger partial charge in [0.2, 0.25) is 11.9 Å². The monoisotopic (exact) mass is 521 g/mol. The molecular weight excluding hydrogens is 495 g/mol. The summed E-state index contributed by atoms with van der Waals surface area (Å²) in [5.74, 6) is -1.96. The molecule has 11 nitrogen and oxygen atoms in total. The second kappa shape index (κ2) is 9.90. The Balaban J connectivity index is 0.000000405. The van der Waals surface area contributed by atoms with Crippen molar-refractivity contribution in [1.82, 2.24) is 29.7 Å². The fraction of sp³-hybridized carbons (Fsp3) is 0.522. The lowest BCUT2D eigenvalue weighted by Gasteiger charge is -2.46. The predicted molar refractivity (Wildman–Crippen MR) is 122 cm³/mol. The zero-order valence-electron chi connectivity index (χ0n) is 20.1. The van der Waals surface area contributed by atoms with Crippen molar-refractivity contribution in [2.24, 2.45) is 10.8 Å². The molecule has 2 aromatic rings. The molecule has 14 heteroatoms. The van der Waals surface area contributed by atoms with E-state index in [9.17, 15) is 22.8 Å². The Morgan fingerprint density at radius 3 is 2.14 bits per heavy atom. The van der Waals surface area contributed by atoms with Gasteiger partial charge in [-0.1, -0.05) is 0 Å². The Morgan fingerprint density at radius 1 is 0.973 bits per heavy atom. The molecule has 1 N–H and O–H groups in total. The second-order valence-electron chi connectivity index (χ2n) is 9.43. The first kappa shape index (κ1) is 26.2. The van der Waals surface area contributed by atoms with Gasteiger partial charge in [0.1, 0.15) is 5.69 Å². The molecule has 2 spiro atoms. The SMILES string of the molecule is CN1CCC2(CN(c3ncccn3)CC23CCN(C(=O)c2cnccn2)CC3)C1=O.O=C(O)C(F)(F)F. The van der Waals surface area contributed by atoms with E-state index in [1.165, 1.54) is 12.4 Å². The van der Waals surface area contributed by atoms with Crippen molar-refractivity contribution in [2.75, 3.05) is 44.7 Å². The van der Waals surface area contributed by atoms with Gasteiger partial charge in [0.25, 0.3) is 5.91 Å². The highest BCUT2D eigenvalue weighted by Gasteiger charge is 2.65. The van der Waals surface area contributed by atoms with E-state index in [0.717, 1.165) is 32.4 Å². The molecule has 5 rings (SSSR count). The maximum absolute atomic E-state index is 13.4. The van der Waals surface area contributed by atoms with Gasteiger partial charge in [-0.05, 0) is 25.3 Å². The van der Waals surface area contributed by atoms with Gasteiger partial charge in [0, 0.05) is 70.0 Å². The van der Waals surface area contributed by atoms with Gasteiger partial charge < -0.3 is 19.8 Å². The number of aromatic nitrogens is 4. The van der Waals surface area contributed by atoms with Crippen LogP contribution in [-0.2, 0) is 9.59 Å². The van der Waals surface area contributed by atoms with Crippen molar-refractivity contribution in [3.8, 4) is 0 Å². The van der Waals surface area contributed by atoms with E-state index >= 15 is 0 Å². The van der Waals surface area contributed by atoms with E-state index in [4.69, 9.17) is 9.90 Å². The predicted octanol–water partition coefficient (Wildman–Crippen LogP) is 1.49. The molecule has 198 valence electrons. The number of amides is 2. The highest BCUT2D eigenvalue weighted by Crippen LogP contribution is 2.58. The van der Waals surface area contributed by atoms with E-state index in [-0.39, 0.29) is 17.2 Å². The van der Waals surface area contributed by atoms with Crippen molar-refractivity contribution < 1.29 is 32.7 Å². The normalized spacial score (nSPS) is 22.8. The van der Waals surface area contributed by atoms with Crippen molar-refractivity contribution in [2.45, 2.75) is 25.4 Å². The summed E-state index contributed by atoms with van der Waals surface area (Å²) < 4.78 is 31.7. The molecule has 1 unspecified atom stereocenters. The molecule has 1 atom stereocenters. The van der Waals surface area contributed by atoms with Crippen LogP contribution < -0.4 is 4.90 Å². The largest absolute Gasteiger partial charge is 0.490 e. The summed E-state index contributed by atoms with van der Waals surface area (Å²) in [7, 11) is 1.89. The molecule has 3 aliphatic heterocycles. The van der Waals surface area contributed by atoms with Gasteiger partial charge in [-0.3, -0.25) is 14.6 Å². The number of alkyl halides is 3. The number of carboxylic acid groups (broad SMARTS) is 1. The summed E-state index contributed by atoms with van der Waals surface area (Å²) in [6.07, 6.45) is 5.40. The molecule has 0 saturated carbocycles. The van der Waals surface area contributed by atoms with Crippen LogP contribution in [0.3, 0.4) is 0 Å². The number of carbonyl (C=O) groups excluding carboxylic acids is 2. The number of hydrogen-bond acceptors (Lipinski definition) is 8. The molecule has 2 amide bonds. The zero-order chi connectivity index (χ0) is 26.8. The number of fused-ring (bicyclic) bond motifs is 1. The number of anilines is 1. The van der Waals surface area contributed by atoms with Crippen molar-refractivity contribution >= 4 is 23.7 Å². The van der Waals surface area contributed by atoms with Crippen LogP contribution in [0.2, 0.25) is 0 Å². The van der Waals surface area contributed by atoms with Crippen LogP contribution in [0.1, 0.15) is 29.8 Å². The first-order valence-corrected chi connectivity index (χ1v) is 11.6. The number of halogens is 3. The van der Waals surface area contributed by atoms with Crippen LogP contribution in [0.5, 0.6) is 0 Å². The highest BCUT2D eigenvalue weighted by molar-refractivity contribution is 5.92. The average Bonchev–Trinajstić information content (AvgIpc) is 3.37. The van der Waals surface area contributed by atoms with E-state index < -0.39 is 17.6 Å². The third kappa shape index (κ3) is 4.91. The summed E-state index contributed by atoms with van der Waals surface area (Å²) in [6, 6.07) is 1.80. The van der Waals surface area contributed by atoms with Gasteiger partial charge in [-0.2, -0.15) is 13.2 Å². The molecule has 0 aromatic carbocycles. The highest BCUT2D eigenvalue weighted by atomic mass is 19.4. The average molecular weight is 522 g/mol. The number of carboxylic acids is 1. The van der Waals surface area contributed by atoms with E-state index in [1.807, 2.05) is 16.8 Å². The first-order valence-electron chi connectivity index (χ1n) is 11.6. The number of aliphatic carboxylic acids is 1. The van der Waals surface area contributed by atoms with Crippen LogP contribution in [0.15, 0.2) is 37.1 Å². The molecule has 5 heterocycles. The Labute approximate surface area is 210 Å². The smallest absolute Gasteiger partial charge is 0.475 e. The fourth-order valence-corrected chi connectivity index (χ4v) is 5.58. The van der Waals surface area contributed by atoms with E-state index in [0.29, 0.717) is 31.3 Å². The lowest BCUT2D eigenvalue weighted by molar-refractivity contribution is -0.192. The van der Waals surface area contributed by atoms with Crippen molar-refractivity contribution in [3.05, 3.63) is 42.7 Å². The van der Waals surface area contributed by atoms with Crippen LogP contribution in [-0.4, -0.2) is 98.6 Å². The quantitative estimate of drug-likeness (QED) is 0.624. The third-order valence-electron chi connectivity index (χ3n) is 7.47. The van der Waals surface area contributed by atoms with Crippen LogP contribution in [0, 0.1) is 10.8 Å². The third-order valence-corrected chi connectivity index (χ3v) is 7.47. The van der Waals surface area contributed by atoms with Gasteiger partial charge in [-0.25, -0.2) is 19.7 Å². The van der Waals surface area contributed by atoms with Crippen LogP contribution in [0.4, 0.5) is 19.1 Å². The summed E-state index contributed by atoms with van der Waals surface area (Å²) in [6.45, 7) is 3.36. The molecule has 2 aromatic heterocycles.